The van der Waals surface area contributed by atoms with Gasteiger partial charge in [0.2, 0.25) is 0 Å². The summed E-state index contributed by atoms with van der Waals surface area (Å²) in [7, 11) is 0. The van der Waals surface area contributed by atoms with Crippen LogP contribution < -0.4 is 20.1 Å². The Morgan fingerprint density at radius 2 is 1.93 bits per heavy atom. The van der Waals surface area contributed by atoms with E-state index in [0.717, 1.165) is 41.1 Å². The normalized spacial score (nSPS) is 20.9. The molecule has 2 aromatic rings. The summed E-state index contributed by atoms with van der Waals surface area (Å²) >= 11 is 1.74. The number of amides is 1. The smallest absolute Gasteiger partial charge is 0.256 e. The van der Waals surface area contributed by atoms with Crippen molar-refractivity contribution in [3.8, 4) is 11.5 Å². The van der Waals surface area contributed by atoms with Crippen molar-refractivity contribution in [2.24, 2.45) is 5.92 Å². The quantitative estimate of drug-likeness (QED) is 0.793. The van der Waals surface area contributed by atoms with Gasteiger partial charge in [0.25, 0.3) is 5.91 Å². The molecule has 0 saturated heterocycles. The van der Waals surface area contributed by atoms with E-state index in [2.05, 4.69) is 17.6 Å². The van der Waals surface area contributed by atoms with E-state index in [1.807, 2.05) is 32.0 Å². The van der Waals surface area contributed by atoms with Gasteiger partial charge in [-0.05, 0) is 62.3 Å². The predicted molar refractivity (Wildman–Crippen MR) is 108 cm³/mol. The van der Waals surface area contributed by atoms with Crippen LogP contribution in [0.2, 0.25) is 0 Å². The number of carbonyl (C=O) groups excluding carboxylic acids is 1. The van der Waals surface area contributed by atoms with Crippen LogP contribution in [0.1, 0.15) is 59.7 Å². The van der Waals surface area contributed by atoms with Gasteiger partial charge >= 0.3 is 0 Å². The second kappa shape index (κ2) is 7.43. The number of anilines is 1. The second-order valence-electron chi connectivity index (χ2n) is 7.18. The molecular formula is C21H26N2O3S. The third kappa shape index (κ3) is 3.38. The minimum atomic E-state index is -0.266. The fourth-order valence-electron chi connectivity index (χ4n) is 3.88. The maximum absolute atomic E-state index is 12.9. The molecule has 2 N–H and O–H groups in total. The third-order valence-electron chi connectivity index (χ3n) is 5.19. The van der Waals surface area contributed by atoms with E-state index in [0.29, 0.717) is 24.9 Å². The molecule has 0 bridgehead atoms. The molecule has 1 amide bonds. The summed E-state index contributed by atoms with van der Waals surface area (Å²) in [6.45, 7) is 7.33. The summed E-state index contributed by atoms with van der Waals surface area (Å²) in [6, 6.07) is 5.84. The number of fused-ring (bicyclic) bond motifs is 3. The molecule has 0 radical (unpaired) electrons. The van der Waals surface area contributed by atoms with Crippen LogP contribution in [0, 0.1) is 5.92 Å². The molecule has 5 nitrogen and oxygen atoms in total. The molecule has 2 aliphatic rings. The maximum atomic E-state index is 12.9. The Kier molecular flexibility index (Phi) is 5.00. The maximum Gasteiger partial charge on any atom is 0.256 e. The van der Waals surface area contributed by atoms with E-state index in [1.165, 1.54) is 10.4 Å². The zero-order chi connectivity index (χ0) is 19.0. The molecule has 6 heteroatoms. The van der Waals surface area contributed by atoms with Gasteiger partial charge in [-0.1, -0.05) is 13.0 Å². The SMILES string of the molecule is CCOc1ccc([C@@H]2NC(=O)c3c(sc4c3CC[C@@H](C)C4)N2)cc1OCC. The highest BCUT2D eigenvalue weighted by molar-refractivity contribution is 7.16. The number of nitrogens with one attached hydrogen (secondary N) is 2. The van der Waals surface area contributed by atoms with Gasteiger partial charge < -0.3 is 20.1 Å². The molecular weight excluding hydrogens is 360 g/mol. The first-order valence-electron chi connectivity index (χ1n) is 9.72. The average Bonchev–Trinajstić information content (AvgIpc) is 3.01. The van der Waals surface area contributed by atoms with Crippen LogP contribution in [0.15, 0.2) is 18.2 Å². The van der Waals surface area contributed by atoms with Gasteiger partial charge in [0.05, 0.1) is 18.8 Å². The van der Waals surface area contributed by atoms with Gasteiger partial charge in [-0.15, -0.1) is 11.3 Å². The van der Waals surface area contributed by atoms with Crippen LogP contribution in [0.3, 0.4) is 0 Å². The molecule has 0 spiro atoms. The molecule has 0 fully saturated rings. The third-order valence-corrected chi connectivity index (χ3v) is 6.38. The topological polar surface area (TPSA) is 59.6 Å². The first-order chi connectivity index (χ1) is 13.1. The summed E-state index contributed by atoms with van der Waals surface area (Å²) in [6.07, 6.45) is 2.96. The average molecular weight is 387 g/mol. The van der Waals surface area contributed by atoms with Crippen molar-refractivity contribution in [1.82, 2.24) is 5.32 Å². The van der Waals surface area contributed by atoms with Crippen molar-refractivity contribution in [3.05, 3.63) is 39.8 Å². The fourth-order valence-corrected chi connectivity index (χ4v) is 5.31. The molecule has 1 aromatic carbocycles. The van der Waals surface area contributed by atoms with E-state index in [4.69, 9.17) is 9.47 Å². The van der Waals surface area contributed by atoms with Crippen LogP contribution in [0.4, 0.5) is 5.00 Å². The Bertz CT molecular complexity index is 861. The molecule has 144 valence electrons. The molecule has 0 saturated carbocycles. The Hall–Kier alpha value is -2.21. The molecule has 1 aromatic heterocycles. The van der Waals surface area contributed by atoms with Crippen molar-refractivity contribution < 1.29 is 14.3 Å². The van der Waals surface area contributed by atoms with E-state index in [1.54, 1.807) is 11.3 Å². The van der Waals surface area contributed by atoms with Gasteiger partial charge in [0, 0.05) is 4.88 Å². The second-order valence-corrected chi connectivity index (χ2v) is 8.28. The van der Waals surface area contributed by atoms with Crippen molar-refractivity contribution in [3.63, 3.8) is 0 Å². The van der Waals surface area contributed by atoms with Crippen molar-refractivity contribution in [1.29, 1.82) is 0 Å². The van der Waals surface area contributed by atoms with Crippen molar-refractivity contribution in [2.75, 3.05) is 18.5 Å². The Labute approximate surface area is 164 Å². The van der Waals surface area contributed by atoms with E-state index < -0.39 is 0 Å². The lowest BCUT2D eigenvalue weighted by molar-refractivity contribution is 0.0935. The monoisotopic (exact) mass is 386 g/mol. The number of carbonyl (C=O) groups is 1. The van der Waals surface area contributed by atoms with Crippen LogP contribution >= 0.6 is 11.3 Å². The highest BCUT2D eigenvalue weighted by Gasteiger charge is 2.33. The van der Waals surface area contributed by atoms with E-state index in [9.17, 15) is 4.79 Å². The molecule has 27 heavy (non-hydrogen) atoms. The Morgan fingerprint density at radius 1 is 1.15 bits per heavy atom. The first kappa shape index (κ1) is 18.2. The molecule has 0 unspecified atom stereocenters. The summed E-state index contributed by atoms with van der Waals surface area (Å²) in [5.74, 6) is 2.15. The largest absolute Gasteiger partial charge is 0.490 e. The van der Waals surface area contributed by atoms with Crippen molar-refractivity contribution in [2.45, 2.75) is 46.2 Å². The number of hydrogen-bond donors (Lipinski definition) is 2. The number of hydrogen-bond acceptors (Lipinski definition) is 5. The highest BCUT2D eigenvalue weighted by Crippen LogP contribution is 2.43. The van der Waals surface area contributed by atoms with Crippen LogP contribution in [-0.4, -0.2) is 19.1 Å². The molecule has 2 heterocycles. The van der Waals surface area contributed by atoms with Crippen molar-refractivity contribution >= 4 is 22.2 Å². The molecule has 4 rings (SSSR count). The lowest BCUT2D eigenvalue weighted by Crippen LogP contribution is -2.38. The summed E-state index contributed by atoms with van der Waals surface area (Å²) in [5.41, 5.74) is 3.06. The van der Waals surface area contributed by atoms with Crippen LogP contribution in [-0.2, 0) is 12.8 Å². The Balaban J connectivity index is 1.64. The Morgan fingerprint density at radius 3 is 2.70 bits per heavy atom. The molecule has 1 aliphatic carbocycles. The number of rotatable bonds is 5. The lowest BCUT2D eigenvalue weighted by Gasteiger charge is -2.27. The first-order valence-corrected chi connectivity index (χ1v) is 10.5. The summed E-state index contributed by atoms with van der Waals surface area (Å²) < 4.78 is 11.4. The minimum absolute atomic E-state index is 0.0210. The lowest BCUT2D eigenvalue weighted by atomic mass is 9.88. The zero-order valence-electron chi connectivity index (χ0n) is 16.1. The van der Waals surface area contributed by atoms with Crippen LogP contribution in [0.5, 0.6) is 11.5 Å². The standard InChI is InChI=1S/C21H26N2O3S/c1-4-25-15-9-7-13(11-16(15)26-5-2)19-22-20(24)18-14-8-6-12(3)10-17(14)27-21(18)23-19/h7,9,11-12,19,23H,4-6,8,10H2,1-3H3,(H,22,24)/t12-,19-/m1/s1. The predicted octanol–water partition coefficient (Wildman–Crippen LogP) is 4.52. The van der Waals surface area contributed by atoms with Crippen LogP contribution in [0.25, 0.3) is 0 Å². The molecule has 2 atom stereocenters. The van der Waals surface area contributed by atoms with Gasteiger partial charge in [-0.25, -0.2) is 0 Å². The molecule has 1 aliphatic heterocycles. The summed E-state index contributed by atoms with van der Waals surface area (Å²) in [4.78, 5) is 14.2. The van der Waals surface area contributed by atoms with Gasteiger partial charge in [0.15, 0.2) is 11.5 Å². The summed E-state index contributed by atoms with van der Waals surface area (Å²) in [5, 5.41) is 7.64. The van der Waals surface area contributed by atoms with Gasteiger partial charge in [-0.2, -0.15) is 0 Å². The zero-order valence-corrected chi connectivity index (χ0v) is 16.9. The van der Waals surface area contributed by atoms with E-state index in [-0.39, 0.29) is 12.1 Å². The van der Waals surface area contributed by atoms with Gasteiger partial charge in [-0.3, -0.25) is 4.79 Å². The number of benzene rings is 1. The minimum Gasteiger partial charge on any atom is -0.490 e. The highest BCUT2D eigenvalue weighted by atomic mass is 32.1. The van der Waals surface area contributed by atoms with Gasteiger partial charge in [0.1, 0.15) is 11.2 Å². The van der Waals surface area contributed by atoms with E-state index >= 15 is 0 Å². The number of ether oxygens (including phenoxy) is 2. The fraction of sp³-hybridized carbons (Fsp3) is 0.476. The number of thiophene rings is 1.